The smallest absolute Gasteiger partial charge is 0.140 e. The third kappa shape index (κ3) is 3.65. The molecule has 0 spiro atoms. The summed E-state index contributed by atoms with van der Waals surface area (Å²) in [7, 11) is 0. The summed E-state index contributed by atoms with van der Waals surface area (Å²) in [6, 6.07) is 2.16. The second kappa shape index (κ2) is 6.34. The van der Waals surface area contributed by atoms with Crippen molar-refractivity contribution >= 4 is 11.3 Å². The van der Waals surface area contributed by atoms with Crippen LogP contribution in [0.2, 0.25) is 0 Å². The lowest BCUT2D eigenvalue weighted by atomic mass is 10.2. The van der Waals surface area contributed by atoms with Crippen LogP contribution in [-0.4, -0.2) is 46.1 Å². The minimum Gasteiger partial charge on any atom is -0.361 e. The maximum Gasteiger partial charge on any atom is 0.140 e. The Labute approximate surface area is 141 Å². The van der Waals surface area contributed by atoms with Crippen molar-refractivity contribution in [2.75, 3.05) is 26.2 Å². The van der Waals surface area contributed by atoms with E-state index in [4.69, 9.17) is 4.52 Å². The van der Waals surface area contributed by atoms with Crippen molar-refractivity contribution in [3.05, 3.63) is 33.1 Å². The van der Waals surface area contributed by atoms with Gasteiger partial charge in [-0.3, -0.25) is 9.80 Å². The van der Waals surface area contributed by atoms with E-state index in [1.807, 2.05) is 11.3 Å². The number of hydrogen-bond donors (Lipinski definition) is 0. The predicted octanol–water partition coefficient (Wildman–Crippen LogP) is 2.94. The molecule has 2 aliphatic rings. The lowest BCUT2D eigenvalue weighted by Crippen LogP contribution is -2.45. The average Bonchev–Trinajstić information content (AvgIpc) is 3.20. The van der Waals surface area contributed by atoms with Gasteiger partial charge in [-0.1, -0.05) is 5.16 Å². The van der Waals surface area contributed by atoms with Crippen molar-refractivity contribution < 1.29 is 4.52 Å². The Morgan fingerprint density at radius 3 is 2.43 bits per heavy atom. The number of rotatable bonds is 5. The molecule has 124 valence electrons. The Bertz CT molecular complexity index is 668. The van der Waals surface area contributed by atoms with E-state index >= 15 is 0 Å². The van der Waals surface area contributed by atoms with E-state index in [1.54, 1.807) is 0 Å². The Morgan fingerprint density at radius 1 is 1.13 bits per heavy atom. The molecule has 1 aliphatic carbocycles. The molecule has 1 saturated carbocycles. The maximum atomic E-state index is 5.45. The lowest BCUT2D eigenvalue weighted by Gasteiger charge is -2.34. The van der Waals surface area contributed by atoms with Crippen LogP contribution in [0.25, 0.3) is 0 Å². The van der Waals surface area contributed by atoms with Crippen molar-refractivity contribution in [3.63, 3.8) is 0 Å². The van der Waals surface area contributed by atoms with Gasteiger partial charge in [0.05, 0.1) is 16.4 Å². The van der Waals surface area contributed by atoms with Crippen molar-refractivity contribution in [1.82, 2.24) is 19.9 Å². The first-order valence-corrected chi connectivity index (χ1v) is 9.32. The quantitative estimate of drug-likeness (QED) is 0.842. The van der Waals surface area contributed by atoms with Crippen LogP contribution < -0.4 is 0 Å². The highest BCUT2D eigenvalue weighted by Gasteiger charge is 2.28. The number of nitrogens with zero attached hydrogens (tertiary/aromatic N) is 4. The van der Waals surface area contributed by atoms with Crippen molar-refractivity contribution in [3.8, 4) is 0 Å². The predicted molar refractivity (Wildman–Crippen MR) is 90.6 cm³/mol. The average molecular weight is 332 g/mol. The van der Waals surface area contributed by atoms with E-state index < -0.39 is 0 Å². The van der Waals surface area contributed by atoms with Gasteiger partial charge in [0.2, 0.25) is 0 Å². The molecule has 0 bridgehead atoms. The Balaban J connectivity index is 1.27. The molecule has 23 heavy (non-hydrogen) atoms. The van der Waals surface area contributed by atoms with Crippen molar-refractivity contribution in [1.29, 1.82) is 0 Å². The van der Waals surface area contributed by atoms with E-state index in [9.17, 15) is 0 Å². The second-order valence-corrected chi connectivity index (χ2v) is 8.08. The number of hydrogen-bond acceptors (Lipinski definition) is 6. The van der Waals surface area contributed by atoms with Crippen molar-refractivity contribution in [2.45, 2.75) is 45.7 Å². The highest BCUT2D eigenvalue weighted by molar-refractivity contribution is 7.11. The van der Waals surface area contributed by atoms with Crippen LogP contribution in [-0.2, 0) is 13.1 Å². The molecule has 1 aliphatic heterocycles. The lowest BCUT2D eigenvalue weighted by molar-refractivity contribution is 0.120. The van der Waals surface area contributed by atoms with E-state index in [0.717, 1.165) is 50.7 Å². The normalized spacial score (nSPS) is 20.3. The number of thiazole rings is 1. The van der Waals surface area contributed by atoms with Gasteiger partial charge in [0.25, 0.3) is 0 Å². The monoisotopic (exact) mass is 332 g/mol. The number of piperazine rings is 1. The van der Waals surface area contributed by atoms with Gasteiger partial charge >= 0.3 is 0 Å². The zero-order valence-corrected chi connectivity index (χ0v) is 14.7. The Kier molecular flexibility index (Phi) is 4.22. The minimum atomic E-state index is 0.652. The largest absolute Gasteiger partial charge is 0.361 e. The molecule has 0 amide bonds. The molecule has 0 aromatic carbocycles. The molecule has 1 saturated heterocycles. The highest BCUT2D eigenvalue weighted by atomic mass is 32.1. The van der Waals surface area contributed by atoms with Gasteiger partial charge in [0, 0.05) is 56.1 Å². The van der Waals surface area contributed by atoms with Crippen LogP contribution in [0.15, 0.2) is 10.6 Å². The molecule has 2 aromatic heterocycles. The first kappa shape index (κ1) is 15.3. The fourth-order valence-electron chi connectivity index (χ4n) is 3.22. The molecule has 4 rings (SSSR count). The first-order chi connectivity index (χ1) is 11.2. The molecular weight excluding hydrogens is 308 g/mol. The van der Waals surface area contributed by atoms with Gasteiger partial charge in [0.15, 0.2) is 0 Å². The van der Waals surface area contributed by atoms with Crippen LogP contribution in [0.3, 0.4) is 0 Å². The maximum absolute atomic E-state index is 5.45. The highest BCUT2D eigenvalue weighted by Crippen LogP contribution is 2.40. The first-order valence-electron chi connectivity index (χ1n) is 8.50. The van der Waals surface area contributed by atoms with E-state index in [0.29, 0.717) is 5.92 Å². The fraction of sp³-hybridized carbons (Fsp3) is 0.647. The third-order valence-corrected chi connectivity index (χ3v) is 5.83. The van der Waals surface area contributed by atoms with Crippen LogP contribution >= 0.6 is 11.3 Å². The van der Waals surface area contributed by atoms with Gasteiger partial charge in [-0.15, -0.1) is 11.3 Å². The molecular formula is C17H24N4OS. The Morgan fingerprint density at radius 2 is 1.83 bits per heavy atom. The summed E-state index contributed by atoms with van der Waals surface area (Å²) in [6.07, 6.45) is 2.54. The molecule has 0 unspecified atom stereocenters. The minimum absolute atomic E-state index is 0.652. The standard InChI is InChI=1S/C17H24N4OS/c1-12-17(23-13(2)18-12)11-21-7-5-20(6-8-21)10-15-9-16(22-19-15)14-3-4-14/h9,14H,3-8,10-11H2,1-2H3. The molecule has 5 nitrogen and oxygen atoms in total. The molecule has 6 heteroatoms. The van der Waals surface area contributed by atoms with Crippen LogP contribution in [0.1, 0.15) is 45.8 Å². The summed E-state index contributed by atoms with van der Waals surface area (Å²) in [6.45, 7) is 10.6. The van der Waals surface area contributed by atoms with Gasteiger partial charge in [0.1, 0.15) is 5.76 Å². The van der Waals surface area contributed by atoms with Gasteiger partial charge < -0.3 is 4.52 Å². The van der Waals surface area contributed by atoms with Crippen molar-refractivity contribution in [2.24, 2.45) is 0 Å². The van der Waals surface area contributed by atoms with Crippen LogP contribution in [0.5, 0.6) is 0 Å². The number of aryl methyl sites for hydroxylation is 2. The molecule has 0 N–H and O–H groups in total. The Hall–Kier alpha value is -1.24. The molecule has 0 atom stereocenters. The van der Waals surface area contributed by atoms with E-state index in [2.05, 4.69) is 39.9 Å². The summed E-state index contributed by atoms with van der Waals surface area (Å²) in [5.74, 6) is 1.74. The van der Waals surface area contributed by atoms with Gasteiger partial charge in [-0.2, -0.15) is 0 Å². The topological polar surface area (TPSA) is 45.4 Å². The molecule has 0 radical (unpaired) electrons. The molecule has 2 fully saturated rings. The zero-order chi connectivity index (χ0) is 15.8. The molecule has 2 aromatic rings. The van der Waals surface area contributed by atoms with Gasteiger partial charge in [-0.25, -0.2) is 4.98 Å². The summed E-state index contributed by atoms with van der Waals surface area (Å²) in [5, 5.41) is 5.41. The SMILES string of the molecule is Cc1nc(C)c(CN2CCN(Cc3cc(C4CC4)on3)CC2)s1. The van der Waals surface area contributed by atoms with Gasteiger partial charge in [-0.05, 0) is 26.7 Å². The summed E-state index contributed by atoms with van der Waals surface area (Å²) in [5.41, 5.74) is 2.29. The second-order valence-electron chi connectivity index (χ2n) is 6.79. The summed E-state index contributed by atoms with van der Waals surface area (Å²) >= 11 is 1.83. The molecule has 3 heterocycles. The van der Waals surface area contributed by atoms with E-state index in [1.165, 1.54) is 28.4 Å². The van der Waals surface area contributed by atoms with Crippen LogP contribution in [0.4, 0.5) is 0 Å². The summed E-state index contributed by atoms with van der Waals surface area (Å²) in [4.78, 5) is 11.0. The third-order valence-electron chi connectivity index (χ3n) is 4.77. The van der Waals surface area contributed by atoms with E-state index in [-0.39, 0.29) is 0 Å². The summed E-state index contributed by atoms with van der Waals surface area (Å²) < 4.78 is 5.45. The number of aromatic nitrogens is 2. The zero-order valence-electron chi connectivity index (χ0n) is 13.9. The fourth-order valence-corrected chi connectivity index (χ4v) is 4.20. The van der Waals surface area contributed by atoms with Crippen LogP contribution in [0, 0.1) is 13.8 Å².